The van der Waals surface area contributed by atoms with Crippen LogP contribution < -0.4 is 9.47 Å². The third-order valence-corrected chi connectivity index (χ3v) is 3.49. The van der Waals surface area contributed by atoms with Crippen molar-refractivity contribution in [2.75, 3.05) is 6.79 Å². The Hall–Kier alpha value is -3.06. The Bertz CT molecular complexity index is 815. The van der Waals surface area contributed by atoms with Gasteiger partial charge in [-0.1, -0.05) is 24.3 Å². The average Bonchev–Trinajstić information content (AvgIpc) is 3.01. The Labute approximate surface area is 128 Å². The number of nitrogens with zero attached hydrogens (tertiary/aromatic N) is 1. The van der Waals surface area contributed by atoms with Crippen LogP contribution >= 0.6 is 0 Å². The second-order valence-electron chi connectivity index (χ2n) is 4.92. The van der Waals surface area contributed by atoms with Gasteiger partial charge in [-0.3, -0.25) is 4.79 Å². The van der Waals surface area contributed by atoms with Crippen LogP contribution in [0.15, 0.2) is 48.0 Å². The number of carbonyl (C=O) groups is 1. The summed E-state index contributed by atoms with van der Waals surface area (Å²) in [5.74, 6) is 0.807. The number of hydrogen-bond donors (Lipinski definition) is 0. The highest BCUT2D eigenvalue weighted by molar-refractivity contribution is 6.14. The van der Waals surface area contributed by atoms with Crippen molar-refractivity contribution in [1.82, 2.24) is 0 Å². The van der Waals surface area contributed by atoms with Crippen LogP contribution in [0.3, 0.4) is 0 Å². The van der Waals surface area contributed by atoms with E-state index in [-0.39, 0.29) is 18.1 Å². The van der Waals surface area contributed by atoms with Crippen molar-refractivity contribution < 1.29 is 14.3 Å². The zero-order valence-corrected chi connectivity index (χ0v) is 12.0. The highest BCUT2D eigenvalue weighted by atomic mass is 16.7. The van der Waals surface area contributed by atoms with E-state index in [1.54, 1.807) is 24.3 Å². The highest BCUT2D eigenvalue weighted by Gasteiger charge is 2.18. The van der Waals surface area contributed by atoms with Crippen molar-refractivity contribution in [2.24, 2.45) is 0 Å². The Morgan fingerprint density at radius 3 is 2.73 bits per heavy atom. The summed E-state index contributed by atoms with van der Waals surface area (Å²) in [5, 5.41) is 9.31. The molecule has 0 amide bonds. The number of hydrogen-bond acceptors (Lipinski definition) is 4. The fourth-order valence-corrected chi connectivity index (χ4v) is 2.25. The largest absolute Gasteiger partial charge is 0.454 e. The molecule has 0 aromatic heterocycles. The van der Waals surface area contributed by atoms with E-state index >= 15 is 0 Å². The summed E-state index contributed by atoms with van der Waals surface area (Å²) in [4.78, 5) is 12.5. The zero-order valence-electron chi connectivity index (χ0n) is 12.0. The lowest BCUT2D eigenvalue weighted by Gasteiger charge is -2.03. The van der Waals surface area contributed by atoms with Crippen molar-refractivity contribution in [3.63, 3.8) is 0 Å². The Balaban J connectivity index is 1.96. The van der Waals surface area contributed by atoms with E-state index in [9.17, 15) is 10.1 Å². The second-order valence-corrected chi connectivity index (χ2v) is 4.92. The summed E-state index contributed by atoms with van der Waals surface area (Å²) >= 11 is 0. The number of allylic oxidation sites excluding steroid dienone is 1. The molecule has 0 saturated heterocycles. The predicted molar refractivity (Wildman–Crippen MR) is 81.7 cm³/mol. The second kappa shape index (κ2) is 5.74. The summed E-state index contributed by atoms with van der Waals surface area (Å²) < 4.78 is 10.5. The molecule has 0 spiro atoms. The maximum absolute atomic E-state index is 12.5. The number of aryl methyl sites for hydroxylation is 1. The lowest BCUT2D eigenvalue weighted by atomic mass is 10.00. The van der Waals surface area contributed by atoms with Gasteiger partial charge in [0.15, 0.2) is 11.5 Å². The van der Waals surface area contributed by atoms with Crippen molar-refractivity contribution in [3.8, 4) is 17.6 Å². The molecule has 1 aliphatic heterocycles. The van der Waals surface area contributed by atoms with Crippen LogP contribution in [0.25, 0.3) is 6.08 Å². The molecule has 22 heavy (non-hydrogen) atoms. The zero-order chi connectivity index (χ0) is 15.5. The van der Waals surface area contributed by atoms with E-state index in [1.165, 1.54) is 0 Å². The standard InChI is InChI=1S/C18H13NO3/c1-12-4-2-3-5-13(12)8-15(10-19)18(20)14-6-7-16-17(9-14)22-11-21-16/h2-9H,11H2,1H3/b15-8+. The summed E-state index contributed by atoms with van der Waals surface area (Å²) in [6, 6.07) is 14.5. The van der Waals surface area contributed by atoms with Gasteiger partial charge in [0, 0.05) is 5.56 Å². The van der Waals surface area contributed by atoms with Crippen molar-refractivity contribution in [1.29, 1.82) is 5.26 Å². The predicted octanol–water partition coefficient (Wildman–Crippen LogP) is 3.51. The van der Waals surface area contributed by atoms with Crippen molar-refractivity contribution in [3.05, 3.63) is 64.7 Å². The molecular weight excluding hydrogens is 278 g/mol. The van der Waals surface area contributed by atoms with Crippen LogP contribution in [0.5, 0.6) is 11.5 Å². The molecule has 0 radical (unpaired) electrons. The van der Waals surface area contributed by atoms with Crippen molar-refractivity contribution >= 4 is 11.9 Å². The molecule has 1 aliphatic rings. The number of fused-ring (bicyclic) bond motifs is 1. The minimum Gasteiger partial charge on any atom is -0.454 e. The average molecular weight is 291 g/mol. The fraction of sp³-hybridized carbons (Fsp3) is 0.111. The lowest BCUT2D eigenvalue weighted by Crippen LogP contribution is -2.02. The van der Waals surface area contributed by atoms with E-state index in [0.29, 0.717) is 17.1 Å². The Morgan fingerprint density at radius 2 is 1.95 bits per heavy atom. The van der Waals surface area contributed by atoms with Crippen LogP contribution in [-0.4, -0.2) is 12.6 Å². The van der Waals surface area contributed by atoms with Crippen LogP contribution in [0.1, 0.15) is 21.5 Å². The molecule has 0 unspecified atom stereocenters. The molecule has 0 aliphatic carbocycles. The SMILES string of the molecule is Cc1ccccc1/C=C(\C#N)C(=O)c1ccc2c(c1)OCO2. The number of benzene rings is 2. The maximum Gasteiger partial charge on any atom is 0.231 e. The fourth-order valence-electron chi connectivity index (χ4n) is 2.25. The van der Waals surface area contributed by atoms with Gasteiger partial charge in [-0.15, -0.1) is 0 Å². The van der Waals surface area contributed by atoms with E-state index in [0.717, 1.165) is 11.1 Å². The molecule has 0 bridgehead atoms. The van der Waals surface area contributed by atoms with Crippen LogP contribution in [-0.2, 0) is 0 Å². The van der Waals surface area contributed by atoms with Gasteiger partial charge in [-0.05, 0) is 42.3 Å². The van der Waals surface area contributed by atoms with E-state index in [4.69, 9.17) is 9.47 Å². The van der Waals surface area contributed by atoms with Crippen molar-refractivity contribution in [2.45, 2.75) is 6.92 Å². The first-order valence-corrected chi connectivity index (χ1v) is 6.81. The molecule has 4 heteroatoms. The monoisotopic (exact) mass is 291 g/mol. The molecule has 4 nitrogen and oxygen atoms in total. The first kappa shape index (κ1) is 13.9. The van der Waals surface area contributed by atoms with Gasteiger partial charge in [0.1, 0.15) is 11.6 Å². The highest BCUT2D eigenvalue weighted by Crippen LogP contribution is 2.33. The molecule has 108 valence electrons. The third-order valence-electron chi connectivity index (χ3n) is 3.49. The molecule has 0 fully saturated rings. The summed E-state index contributed by atoms with van der Waals surface area (Å²) in [7, 11) is 0. The van der Waals surface area contributed by atoms with Gasteiger partial charge in [-0.2, -0.15) is 5.26 Å². The number of Topliss-reactive ketones (excluding diaryl/α,β-unsaturated/α-hetero) is 1. The van der Waals surface area contributed by atoms with E-state index in [2.05, 4.69) is 0 Å². The minimum absolute atomic E-state index is 0.0909. The molecule has 0 saturated carbocycles. The molecule has 2 aromatic carbocycles. The Morgan fingerprint density at radius 1 is 1.18 bits per heavy atom. The van der Waals surface area contributed by atoms with Gasteiger partial charge in [0.25, 0.3) is 0 Å². The smallest absolute Gasteiger partial charge is 0.231 e. The summed E-state index contributed by atoms with van der Waals surface area (Å²) in [6.07, 6.45) is 1.61. The molecule has 0 N–H and O–H groups in total. The normalized spacial score (nSPS) is 12.8. The van der Waals surface area contributed by atoms with Crippen LogP contribution in [0, 0.1) is 18.3 Å². The number of carbonyl (C=O) groups excluding carboxylic acids is 1. The Kier molecular flexibility index (Phi) is 3.63. The minimum atomic E-state index is -0.330. The summed E-state index contributed by atoms with van der Waals surface area (Å²) in [6.45, 7) is 2.09. The van der Waals surface area contributed by atoms with Crippen LogP contribution in [0.4, 0.5) is 0 Å². The van der Waals surface area contributed by atoms with Gasteiger partial charge in [0.2, 0.25) is 12.6 Å². The van der Waals surface area contributed by atoms with Crippen LogP contribution in [0.2, 0.25) is 0 Å². The molecular formula is C18H13NO3. The number of ether oxygens (including phenoxy) is 2. The van der Waals surface area contributed by atoms with Gasteiger partial charge in [-0.25, -0.2) is 0 Å². The molecule has 0 atom stereocenters. The van der Waals surface area contributed by atoms with E-state index < -0.39 is 0 Å². The van der Waals surface area contributed by atoms with Gasteiger partial charge >= 0.3 is 0 Å². The van der Waals surface area contributed by atoms with E-state index in [1.807, 2.05) is 37.3 Å². The summed E-state index contributed by atoms with van der Waals surface area (Å²) in [5.41, 5.74) is 2.36. The quantitative estimate of drug-likeness (QED) is 0.493. The topological polar surface area (TPSA) is 59.3 Å². The third kappa shape index (κ3) is 2.57. The lowest BCUT2D eigenvalue weighted by molar-refractivity contribution is 0.103. The van der Waals surface area contributed by atoms with Gasteiger partial charge in [0.05, 0.1) is 0 Å². The number of nitriles is 1. The van der Waals surface area contributed by atoms with Gasteiger partial charge < -0.3 is 9.47 Å². The maximum atomic E-state index is 12.5. The molecule has 1 heterocycles. The molecule has 3 rings (SSSR count). The molecule has 2 aromatic rings. The first-order valence-electron chi connectivity index (χ1n) is 6.81. The first-order chi connectivity index (χ1) is 10.7. The number of rotatable bonds is 3. The number of ketones is 1.